The molecular formula is C25H36N6O5. The Hall–Kier alpha value is -3.19. The molecule has 0 amide bonds. The van der Waals surface area contributed by atoms with Gasteiger partial charge < -0.3 is 27.4 Å². The molecule has 2 aromatic rings. The SMILES string of the molecule is CC(=O)[C@H](CCCNC(N)N)NN[C@@H](Cc1ccc(O)cc1)C(=O)C(=O)[C@@H](N)Cc1ccc(O)cc1. The molecule has 196 valence electrons. The molecule has 2 aromatic carbocycles. The predicted molar refractivity (Wildman–Crippen MR) is 136 cm³/mol. The lowest BCUT2D eigenvalue weighted by atomic mass is 9.94. The highest BCUT2D eigenvalue weighted by molar-refractivity contribution is 6.41. The standard InChI is InChI=1S/C25H36N6O5/c1-15(32)21(3-2-12-29-25(27)28)30-31-22(14-17-6-10-19(34)11-7-17)24(36)23(35)20(26)13-16-4-8-18(33)9-5-16/h4-11,20-22,25,29-31,33-34H,2-3,12-14,26-28H2,1H3/t20-,21-,22-/m0/s1. The van der Waals surface area contributed by atoms with Crippen molar-refractivity contribution >= 4 is 17.3 Å². The zero-order valence-corrected chi connectivity index (χ0v) is 20.3. The lowest BCUT2D eigenvalue weighted by molar-refractivity contribution is -0.138. The van der Waals surface area contributed by atoms with E-state index in [0.29, 0.717) is 30.5 Å². The van der Waals surface area contributed by atoms with Crippen LogP contribution in [0.15, 0.2) is 48.5 Å². The summed E-state index contributed by atoms with van der Waals surface area (Å²) in [5.41, 5.74) is 24.1. The Morgan fingerprint density at radius 1 is 0.778 bits per heavy atom. The second-order valence-corrected chi connectivity index (χ2v) is 8.70. The Labute approximate surface area is 210 Å². The van der Waals surface area contributed by atoms with Crippen molar-refractivity contribution in [3.8, 4) is 11.5 Å². The summed E-state index contributed by atoms with van der Waals surface area (Å²) in [5, 5.41) is 21.8. The van der Waals surface area contributed by atoms with Gasteiger partial charge in [-0.25, -0.2) is 10.9 Å². The summed E-state index contributed by atoms with van der Waals surface area (Å²) >= 11 is 0. The van der Waals surface area contributed by atoms with Crippen LogP contribution in [0.4, 0.5) is 0 Å². The molecule has 0 spiro atoms. The highest BCUT2D eigenvalue weighted by Gasteiger charge is 2.30. The Morgan fingerprint density at radius 2 is 1.28 bits per heavy atom. The Kier molecular flexibility index (Phi) is 11.6. The summed E-state index contributed by atoms with van der Waals surface area (Å²) in [7, 11) is 0. The van der Waals surface area contributed by atoms with Gasteiger partial charge in [-0.2, -0.15) is 0 Å². The van der Waals surface area contributed by atoms with E-state index >= 15 is 0 Å². The largest absolute Gasteiger partial charge is 0.508 e. The van der Waals surface area contributed by atoms with E-state index in [2.05, 4.69) is 16.2 Å². The van der Waals surface area contributed by atoms with Crippen molar-refractivity contribution in [1.29, 1.82) is 0 Å². The molecule has 0 bridgehead atoms. The van der Waals surface area contributed by atoms with E-state index in [1.807, 2.05) is 0 Å². The quantitative estimate of drug-likeness (QED) is 0.0628. The van der Waals surface area contributed by atoms with Crippen LogP contribution < -0.4 is 33.4 Å². The minimum Gasteiger partial charge on any atom is -0.508 e. The first kappa shape index (κ1) is 29.0. The summed E-state index contributed by atoms with van der Waals surface area (Å²) in [4.78, 5) is 38.2. The van der Waals surface area contributed by atoms with Gasteiger partial charge in [0.2, 0.25) is 11.6 Å². The van der Waals surface area contributed by atoms with Crippen LogP contribution >= 0.6 is 0 Å². The molecule has 11 N–H and O–H groups in total. The molecule has 0 radical (unpaired) electrons. The normalized spacial score (nSPS) is 13.8. The van der Waals surface area contributed by atoms with Crippen LogP contribution in [0.2, 0.25) is 0 Å². The first-order valence-electron chi connectivity index (χ1n) is 11.7. The zero-order chi connectivity index (χ0) is 26.7. The van der Waals surface area contributed by atoms with Crippen molar-refractivity contribution in [1.82, 2.24) is 16.2 Å². The third kappa shape index (κ3) is 9.82. The molecule has 2 rings (SSSR count). The van der Waals surface area contributed by atoms with Crippen molar-refractivity contribution in [2.75, 3.05) is 6.54 Å². The lowest BCUT2D eigenvalue weighted by Gasteiger charge is -2.23. The van der Waals surface area contributed by atoms with E-state index < -0.39 is 36.0 Å². The smallest absolute Gasteiger partial charge is 0.218 e. The van der Waals surface area contributed by atoms with Gasteiger partial charge in [-0.1, -0.05) is 24.3 Å². The zero-order valence-electron chi connectivity index (χ0n) is 20.3. The highest BCUT2D eigenvalue weighted by atomic mass is 16.3. The maximum Gasteiger partial charge on any atom is 0.218 e. The van der Waals surface area contributed by atoms with E-state index in [-0.39, 0.29) is 30.1 Å². The number of benzene rings is 2. The van der Waals surface area contributed by atoms with E-state index in [9.17, 15) is 24.6 Å². The molecule has 0 aliphatic heterocycles. The van der Waals surface area contributed by atoms with Gasteiger partial charge in [0.25, 0.3) is 0 Å². The number of carbonyl (C=O) groups excluding carboxylic acids is 3. The number of hydrogen-bond acceptors (Lipinski definition) is 11. The van der Waals surface area contributed by atoms with Gasteiger partial charge in [-0.3, -0.25) is 19.7 Å². The molecule has 0 aromatic heterocycles. The van der Waals surface area contributed by atoms with E-state index in [1.54, 1.807) is 24.3 Å². The third-order valence-electron chi connectivity index (χ3n) is 5.64. The first-order chi connectivity index (χ1) is 17.1. The van der Waals surface area contributed by atoms with Gasteiger partial charge in [0.05, 0.1) is 18.1 Å². The molecule has 11 heteroatoms. The summed E-state index contributed by atoms with van der Waals surface area (Å²) in [5.74, 6) is -1.49. The number of Topliss-reactive ketones (excluding diaryl/α,β-unsaturated/α-hetero) is 3. The molecule has 3 atom stereocenters. The van der Waals surface area contributed by atoms with E-state index in [1.165, 1.54) is 31.2 Å². The van der Waals surface area contributed by atoms with Gasteiger partial charge in [-0.15, -0.1) is 0 Å². The van der Waals surface area contributed by atoms with Crippen LogP contribution in [0.25, 0.3) is 0 Å². The molecule has 0 aliphatic rings. The summed E-state index contributed by atoms with van der Waals surface area (Å²) in [6, 6.07) is 9.76. The summed E-state index contributed by atoms with van der Waals surface area (Å²) < 4.78 is 0. The molecule has 0 saturated heterocycles. The molecular weight excluding hydrogens is 464 g/mol. The minimum atomic E-state index is -1.08. The van der Waals surface area contributed by atoms with Crippen molar-refractivity contribution in [3.63, 3.8) is 0 Å². The van der Waals surface area contributed by atoms with Crippen molar-refractivity contribution in [2.45, 2.75) is 57.0 Å². The van der Waals surface area contributed by atoms with Crippen LogP contribution in [0, 0.1) is 0 Å². The monoisotopic (exact) mass is 500 g/mol. The fourth-order valence-corrected chi connectivity index (χ4v) is 3.56. The van der Waals surface area contributed by atoms with Crippen molar-refractivity contribution in [3.05, 3.63) is 59.7 Å². The summed E-state index contributed by atoms with van der Waals surface area (Å²) in [6.07, 6.45) is 0.623. The van der Waals surface area contributed by atoms with Gasteiger partial charge in [0.1, 0.15) is 23.6 Å². The van der Waals surface area contributed by atoms with Crippen LogP contribution in [-0.2, 0) is 27.2 Å². The molecule has 0 unspecified atom stereocenters. The van der Waals surface area contributed by atoms with Crippen LogP contribution in [-0.4, -0.2) is 58.5 Å². The number of aromatic hydroxyl groups is 2. The molecule has 11 nitrogen and oxygen atoms in total. The van der Waals surface area contributed by atoms with Gasteiger partial charge in [-0.05, 0) is 74.5 Å². The van der Waals surface area contributed by atoms with Gasteiger partial charge in [0.15, 0.2) is 0 Å². The van der Waals surface area contributed by atoms with E-state index in [4.69, 9.17) is 17.2 Å². The number of nitrogens with two attached hydrogens (primary N) is 3. The first-order valence-corrected chi connectivity index (χ1v) is 11.7. The van der Waals surface area contributed by atoms with Crippen LogP contribution in [0.3, 0.4) is 0 Å². The molecule has 0 saturated carbocycles. The van der Waals surface area contributed by atoms with Crippen molar-refractivity contribution < 1.29 is 24.6 Å². The average Bonchev–Trinajstić information content (AvgIpc) is 2.84. The molecule has 0 aliphatic carbocycles. The topological polar surface area (TPSA) is 206 Å². The number of hydrogen-bond donors (Lipinski definition) is 8. The molecule has 0 fully saturated rings. The second-order valence-electron chi connectivity index (χ2n) is 8.70. The Balaban J connectivity index is 2.10. The number of phenolic OH excluding ortho intramolecular Hbond substituents is 2. The number of hydrazine groups is 1. The number of nitrogens with one attached hydrogen (secondary N) is 3. The third-order valence-corrected chi connectivity index (χ3v) is 5.64. The number of ketones is 3. The van der Waals surface area contributed by atoms with Gasteiger partial charge >= 0.3 is 0 Å². The average molecular weight is 501 g/mol. The Bertz CT molecular complexity index is 997. The maximum absolute atomic E-state index is 13.2. The maximum atomic E-state index is 13.2. The van der Waals surface area contributed by atoms with E-state index in [0.717, 1.165) is 0 Å². The molecule has 0 heterocycles. The predicted octanol–water partition coefficient (Wildman–Crippen LogP) is -0.660. The van der Waals surface area contributed by atoms with Crippen molar-refractivity contribution in [2.24, 2.45) is 17.2 Å². The molecule has 36 heavy (non-hydrogen) atoms. The minimum absolute atomic E-state index is 0.0714. The fourth-order valence-electron chi connectivity index (χ4n) is 3.56. The second kappa shape index (κ2) is 14.4. The number of phenols is 2. The van der Waals surface area contributed by atoms with Crippen LogP contribution in [0.1, 0.15) is 30.9 Å². The summed E-state index contributed by atoms with van der Waals surface area (Å²) in [6.45, 7) is 1.93. The Morgan fingerprint density at radius 3 is 1.78 bits per heavy atom. The fraction of sp³-hybridized carbons (Fsp3) is 0.400. The van der Waals surface area contributed by atoms with Crippen LogP contribution in [0.5, 0.6) is 11.5 Å². The highest BCUT2D eigenvalue weighted by Crippen LogP contribution is 2.14. The lowest BCUT2D eigenvalue weighted by Crippen LogP contribution is -2.56. The number of carbonyl (C=O) groups is 3. The number of rotatable bonds is 16. The van der Waals surface area contributed by atoms with Gasteiger partial charge in [0, 0.05) is 0 Å².